The molecule has 0 saturated carbocycles. The number of benzene rings is 3. The van der Waals surface area contributed by atoms with Gasteiger partial charge in [-0.2, -0.15) is 0 Å². The van der Waals surface area contributed by atoms with Crippen molar-refractivity contribution in [3.63, 3.8) is 0 Å². The van der Waals surface area contributed by atoms with Crippen molar-refractivity contribution in [3.8, 4) is 0 Å². The summed E-state index contributed by atoms with van der Waals surface area (Å²) in [6, 6.07) is 18.2. The van der Waals surface area contributed by atoms with Crippen LogP contribution >= 0.6 is 23.2 Å². The molecule has 3 aromatic carbocycles. The molecule has 7 nitrogen and oxygen atoms in total. The molecule has 11 heteroatoms. The third-order valence-electron chi connectivity index (χ3n) is 5.97. The first-order valence-electron chi connectivity index (χ1n) is 12.3. The molecule has 1 N–H and O–H groups in total. The van der Waals surface area contributed by atoms with E-state index in [0.717, 1.165) is 16.1 Å². The molecular weight excluding hydrogens is 564 g/mol. The van der Waals surface area contributed by atoms with Gasteiger partial charge in [0.2, 0.25) is 21.8 Å². The van der Waals surface area contributed by atoms with Gasteiger partial charge in [-0.1, -0.05) is 78.7 Å². The molecule has 0 saturated heterocycles. The van der Waals surface area contributed by atoms with Crippen LogP contribution in [0, 0.1) is 5.82 Å². The molecule has 208 valence electrons. The molecular formula is C28H30Cl2FN3O4S. The molecule has 0 radical (unpaired) electrons. The van der Waals surface area contributed by atoms with E-state index in [-0.39, 0.29) is 34.3 Å². The lowest BCUT2D eigenvalue weighted by Crippen LogP contribution is -2.53. The van der Waals surface area contributed by atoms with Crippen LogP contribution in [0.5, 0.6) is 0 Å². The Morgan fingerprint density at radius 3 is 2.31 bits per heavy atom. The molecule has 2 amide bonds. The lowest BCUT2D eigenvalue weighted by atomic mass is 10.0. The molecule has 3 rings (SSSR count). The molecule has 0 spiro atoms. The lowest BCUT2D eigenvalue weighted by molar-refractivity contribution is -0.140. The van der Waals surface area contributed by atoms with Crippen LogP contribution in [-0.2, 0) is 32.6 Å². The van der Waals surface area contributed by atoms with Gasteiger partial charge in [0.1, 0.15) is 18.4 Å². The fraction of sp³-hybridized carbons (Fsp3) is 0.286. The highest BCUT2D eigenvalue weighted by molar-refractivity contribution is 7.92. The maximum absolute atomic E-state index is 14.7. The Bertz CT molecular complexity index is 1410. The van der Waals surface area contributed by atoms with Crippen molar-refractivity contribution in [2.75, 3.05) is 23.7 Å². The first-order valence-corrected chi connectivity index (χ1v) is 14.9. The highest BCUT2D eigenvalue weighted by atomic mass is 35.5. The van der Waals surface area contributed by atoms with Crippen LogP contribution in [0.15, 0.2) is 72.8 Å². The summed E-state index contributed by atoms with van der Waals surface area (Å²) in [4.78, 5) is 28.6. The second kappa shape index (κ2) is 13.8. The fourth-order valence-electron chi connectivity index (χ4n) is 4.00. The normalized spacial score (nSPS) is 12.0. The molecule has 0 aliphatic rings. The third-order valence-corrected chi connectivity index (χ3v) is 7.66. The second-order valence-corrected chi connectivity index (χ2v) is 11.7. The summed E-state index contributed by atoms with van der Waals surface area (Å²) in [5.74, 6) is -1.70. The van der Waals surface area contributed by atoms with Gasteiger partial charge in [-0.25, -0.2) is 12.8 Å². The predicted molar refractivity (Wildman–Crippen MR) is 153 cm³/mol. The Morgan fingerprint density at radius 1 is 1.00 bits per heavy atom. The van der Waals surface area contributed by atoms with E-state index in [9.17, 15) is 22.4 Å². The first-order chi connectivity index (χ1) is 18.5. The number of nitrogens with zero attached hydrogens (tertiary/aromatic N) is 2. The monoisotopic (exact) mass is 593 g/mol. The lowest BCUT2D eigenvalue weighted by Gasteiger charge is -2.33. The van der Waals surface area contributed by atoms with E-state index < -0.39 is 40.2 Å². The Labute approximate surface area is 238 Å². The quantitative estimate of drug-likeness (QED) is 0.318. The van der Waals surface area contributed by atoms with Gasteiger partial charge < -0.3 is 10.2 Å². The average molecular weight is 595 g/mol. The molecule has 39 heavy (non-hydrogen) atoms. The first kappa shape index (κ1) is 30.4. The minimum absolute atomic E-state index is 0.0147. The molecule has 3 aromatic rings. The summed E-state index contributed by atoms with van der Waals surface area (Å²) in [5, 5.41) is 3.11. The number of sulfonamides is 1. The number of carbonyl (C=O) groups excluding carboxylic acids is 2. The summed E-state index contributed by atoms with van der Waals surface area (Å²) in [6.07, 6.45) is 1.74. The van der Waals surface area contributed by atoms with Gasteiger partial charge in [-0.3, -0.25) is 13.9 Å². The molecule has 0 bridgehead atoms. The van der Waals surface area contributed by atoms with E-state index in [1.54, 1.807) is 6.07 Å². The topological polar surface area (TPSA) is 86.8 Å². The number of halogens is 3. The Kier molecular flexibility index (Phi) is 10.7. The summed E-state index contributed by atoms with van der Waals surface area (Å²) < 4.78 is 41.2. The number of nitrogens with one attached hydrogen (secondary N) is 1. The van der Waals surface area contributed by atoms with Gasteiger partial charge >= 0.3 is 0 Å². The second-order valence-electron chi connectivity index (χ2n) is 8.97. The van der Waals surface area contributed by atoms with Crippen molar-refractivity contribution in [1.82, 2.24) is 10.2 Å². The largest absolute Gasteiger partial charge is 0.354 e. The van der Waals surface area contributed by atoms with Gasteiger partial charge in [0.25, 0.3) is 0 Å². The van der Waals surface area contributed by atoms with Gasteiger partial charge in [-0.05, 0) is 36.2 Å². The SMILES string of the molecule is CCCNC(=O)[C@@H](Cc1ccccc1)N(Cc1ccccc1F)C(=O)CN(c1cc(Cl)ccc1Cl)S(C)(=O)=O. The number of carbonyl (C=O) groups is 2. The fourth-order valence-corrected chi connectivity index (χ4v) is 5.29. The zero-order valence-electron chi connectivity index (χ0n) is 21.6. The molecule has 0 fully saturated rings. The van der Waals surface area contributed by atoms with Gasteiger partial charge in [0.05, 0.1) is 17.0 Å². The minimum atomic E-state index is -4.02. The van der Waals surface area contributed by atoms with Crippen LogP contribution in [0.4, 0.5) is 10.1 Å². The molecule has 0 aliphatic heterocycles. The maximum atomic E-state index is 14.7. The van der Waals surface area contributed by atoms with Crippen molar-refractivity contribution >= 4 is 50.7 Å². The van der Waals surface area contributed by atoms with Crippen molar-refractivity contribution in [1.29, 1.82) is 0 Å². The van der Waals surface area contributed by atoms with Crippen LogP contribution in [0.2, 0.25) is 10.0 Å². The molecule has 0 aliphatic carbocycles. The minimum Gasteiger partial charge on any atom is -0.354 e. The number of hydrogen-bond acceptors (Lipinski definition) is 4. The van der Waals surface area contributed by atoms with Gasteiger partial charge in [-0.15, -0.1) is 0 Å². The van der Waals surface area contributed by atoms with E-state index in [2.05, 4.69) is 5.32 Å². The van der Waals surface area contributed by atoms with Crippen LogP contribution in [0.25, 0.3) is 0 Å². The average Bonchev–Trinajstić information content (AvgIpc) is 2.90. The maximum Gasteiger partial charge on any atom is 0.244 e. The molecule has 0 unspecified atom stereocenters. The summed E-state index contributed by atoms with van der Waals surface area (Å²) in [6.45, 7) is 1.33. The number of anilines is 1. The van der Waals surface area contributed by atoms with Crippen LogP contribution in [-0.4, -0.2) is 50.5 Å². The Hall–Kier alpha value is -3.14. The van der Waals surface area contributed by atoms with Crippen molar-refractivity contribution in [3.05, 3.63) is 99.8 Å². The Morgan fingerprint density at radius 2 is 1.67 bits per heavy atom. The van der Waals surface area contributed by atoms with E-state index in [1.807, 2.05) is 37.3 Å². The highest BCUT2D eigenvalue weighted by Gasteiger charge is 2.33. The van der Waals surface area contributed by atoms with Crippen molar-refractivity contribution in [2.24, 2.45) is 0 Å². The van der Waals surface area contributed by atoms with Crippen LogP contribution in [0.1, 0.15) is 24.5 Å². The summed E-state index contributed by atoms with van der Waals surface area (Å²) >= 11 is 12.4. The third kappa shape index (κ3) is 8.42. The summed E-state index contributed by atoms with van der Waals surface area (Å²) in [5.41, 5.74) is 0.970. The zero-order chi connectivity index (χ0) is 28.6. The smallest absolute Gasteiger partial charge is 0.244 e. The zero-order valence-corrected chi connectivity index (χ0v) is 23.9. The molecule has 0 aromatic heterocycles. The predicted octanol–water partition coefficient (Wildman–Crippen LogP) is 5.06. The number of amides is 2. The van der Waals surface area contributed by atoms with Gasteiger partial charge in [0, 0.05) is 30.1 Å². The van der Waals surface area contributed by atoms with Crippen molar-refractivity contribution in [2.45, 2.75) is 32.4 Å². The standard InChI is InChI=1S/C28H30Cl2FN3O4S/c1-3-15-32-28(36)26(16-20-9-5-4-6-10-20)33(18-21-11-7-8-12-24(21)31)27(35)19-34(39(2,37)38)25-17-22(29)13-14-23(25)30/h4-14,17,26H,3,15-16,18-19H2,1-2H3,(H,32,36)/t26-/m1/s1. The van der Waals surface area contributed by atoms with E-state index in [4.69, 9.17) is 23.2 Å². The van der Waals surface area contributed by atoms with E-state index in [0.29, 0.717) is 13.0 Å². The number of rotatable bonds is 12. The Balaban J connectivity index is 2.08. The number of hydrogen-bond donors (Lipinski definition) is 1. The molecule has 1 atom stereocenters. The van der Waals surface area contributed by atoms with Crippen molar-refractivity contribution < 1.29 is 22.4 Å². The van der Waals surface area contributed by atoms with E-state index >= 15 is 0 Å². The van der Waals surface area contributed by atoms with Crippen LogP contribution < -0.4 is 9.62 Å². The van der Waals surface area contributed by atoms with Gasteiger partial charge in [0.15, 0.2) is 0 Å². The van der Waals surface area contributed by atoms with Crippen LogP contribution in [0.3, 0.4) is 0 Å². The summed E-state index contributed by atoms with van der Waals surface area (Å²) in [7, 11) is -4.02. The molecule has 0 heterocycles. The highest BCUT2D eigenvalue weighted by Crippen LogP contribution is 2.31. The van der Waals surface area contributed by atoms with E-state index in [1.165, 1.54) is 41.3 Å².